The van der Waals surface area contributed by atoms with Gasteiger partial charge in [0.05, 0.1) is 89.6 Å². The van der Waals surface area contributed by atoms with Crippen LogP contribution < -0.4 is 83.1 Å². The summed E-state index contributed by atoms with van der Waals surface area (Å²) in [6.07, 6.45) is 3.90. The number of carboxylic acids is 1. The van der Waals surface area contributed by atoms with Gasteiger partial charge in [0.1, 0.15) is 51.6 Å². The van der Waals surface area contributed by atoms with Gasteiger partial charge in [-0.25, -0.2) is 45.5 Å². The number of ether oxygens (including phenoxy) is 7. The van der Waals surface area contributed by atoms with Gasteiger partial charge in [0.25, 0.3) is 48.1 Å². The van der Waals surface area contributed by atoms with Crippen LogP contribution in [0.2, 0.25) is 40.2 Å². The van der Waals surface area contributed by atoms with E-state index in [1.165, 1.54) is 106 Å². The number of methoxy groups -OCH3 is 3. The number of imide groups is 1. The number of rotatable bonds is 25. The summed E-state index contributed by atoms with van der Waals surface area (Å²) in [6.45, 7) is 0. The maximum Gasteiger partial charge on any atom is 0.369 e. The maximum atomic E-state index is 13.0. The second-order valence-electron chi connectivity index (χ2n) is 28.7. The molecule has 2 aromatic heterocycles. The minimum absolute atomic E-state index is 0. The van der Waals surface area contributed by atoms with Crippen LogP contribution in [-0.4, -0.2) is 138 Å². The van der Waals surface area contributed by atoms with E-state index in [2.05, 4.69) is 106 Å². The molecule has 0 bridgehead atoms. The number of aromatic hydroxyl groups is 1. The lowest BCUT2D eigenvalue weighted by Crippen LogP contribution is -2.41. The third-order valence-electron chi connectivity index (χ3n) is 19.3. The van der Waals surface area contributed by atoms with Crippen LogP contribution in [0, 0.1) is 11.3 Å². The molecule has 137 heavy (non-hydrogen) atoms. The van der Waals surface area contributed by atoms with Gasteiger partial charge in [0.15, 0.2) is 45.9 Å². The number of hydrogen-bond donors (Lipinski definition) is 10. The molecule has 31 nitrogen and oxygen atoms in total. The minimum Gasteiger partial charge on any atom is -0.507 e. The standard InChI is InChI=1S/C22H18Cl2F2N4O5.C21H16Cl2F2N4O5.C19H17BrCl2O3.C14H9BrCl2O4.C4H5F2N3O2.C4H9N.CH4.BBr3.B/c1-34-16-6-5-12(9-13(16)20(31)27-10-3-2-4-10)35-18-14(23)7-11(8-15(18)24)30-22(33)28-21(32)17(29-30)19(25)26;22-13-6-10(29-21(33)27-20(32)16(28-29)18(24)25)7-14(23)17(13)34-11-4-5-15(30)12(8-11)19(31)26-9-2-1-3-9;1-24-18-6-5-13(10-14(18)17(23)7-11-3-2-4-11)25-19-15(21)8-12(20)9-16(19)22;1-20-12-3-2-8(6-9(12)14(18)19)21-13-10(16)4-7(15)5-11(13)17;5-2(6)1(7)3(10)9-4(8)11;5-4-2-1-3-4;;2-1(3)4;/h5-10,19H,2-4H2,1H3,(H,27,31)(H,28,32,33);4-9,18,30H,1-3H2,(H,26,31)(H,27,32,33);5-6,8-11H,2-4,7H2,1H3;2-6H,1H3,(H,18,19);2,7H,(H3,8,9,10,11);4H,1-3,5H2;1H4;;. The van der Waals surface area contributed by atoms with Gasteiger partial charge in [-0.1, -0.05) is 158 Å². The van der Waals surface area contributed by atoms with Crippen LogP contribution >= 0.6 is 172 Å². The van der Waals surface area contributed by atoms with Crippen molar-refractivity contribution in [3.63, 3.8) is 0 Å². The van der Waals surface area contributed by atoms with Crippen molar-refractivity contribution in [2.24, 2.45) is 17.4 Å². The first-order chi connectivity index (χ1) is 63.8. The Kier molecular flexibility index (Phi) is 46.5. The molecule has 4 aliphatic rings. The summed E-state index contributed by atoms with van der Waals surface area (Å²) < 4.78 is 116. The molecule has 8 aromatic carbocycles. The third kappa shape index (κ3) is 33.9. The van der Waals surface area contributed by atoms with E-state index >= 15 is 0 Å². The van der Waals surface area contributed by atoms with E-state index in [1.54, 1.807) is 77.7 Å². The summed E-state index contributed by atoms with van der Waals surface area (Å²) in [5.74, 6) is -0.263. The Bertz CT molecular complexity index is 6210. The van der Waals surface area contributed by atoms with Crippen molar-refractivity contribution in [1.29, 1.82) is 5.41 Å². The Balaban J connectivity index is 0.000000264. The molecule has 10 aromatic rings. The summed E-state index contributed by atoms with van der Waals surface area (Å²) in [5.41, 5.74) is 1.88. The molecule has 5 amide bonds. The number of phenolic OH excluding ortho intramolecular Hbond substituents is 1. The number of phenols is 1. The number of halogens is 19. The molecular weight excluding hydrogens is 2310 g/mol. The Morgan fingerprint density at radius 1 is 0.511 bits per heavy atom. The summed E-state index contributed by atoms with van der Waals surface area (Å²) in [6, 6.07) is 29.0. The quantitative estimate of drug-likeness (QED) is 0.0110. The highest BCUT2D eigenvalue weighted by atomic mass is 79.9. The molecule has 4 fully saturated rings. The highest BCUT2D eigenvalue weighted by molar-refractivity contribution is 9.69. The highest BCUT2D eigenvalue weighted by Gasteiger charge is 2.30. The number of nitrogens with two attached hydrogens (primary N) is 2. The predicted molar refractivity (Wildman–Crippen MR) is 528 cm³/mol. The van der Waals surface area contributed by atoms with Crippen LogP contribution in [0.3, 0.4) is 0 Å². The molecule has 0 saturated heterocycles. The van der Waals surface area contributed by atoms with E-state index in [9.17, 15) is 79.4 Å². The second-order valence-corrected chi connectivity index (χ2v) is 40.2. The normalized spacial score (nSPS) is 12.8. The molecule has 0 spiro atoms. The molecule has 52 heteroatoms. The Morgan fingerprint density at radius 3 is 1.12 bits per heavy atom. The van der Waals surface area contributed by atoms with E-state index in [0.29, 0.717) is 86.6 Å². The van der Waals surface area contributed by atoms with Crippen molar-refractivity contribution in [2.45, 2.75) is 128 Å². The molecule has 731 valence electrons. The monoisotopic (exact) mass is 2380 g/mol. The third-order valence-corrected chi connectivity index (χ3v) is 22.5. The summed E-state index contributed by atoms with van der Waals surface area (Å²) in [4.78, 5) is 120. The zero-order chi connectivity index (χ0) is 99.7. The lowest BCUT2D eigenvalue weighted by molar-refractivity contribution is -0.114. The highest BCUT2D eigenvalue weighted by Crippen LogP contribution is 2.45. The van der Waals surface area contributed by atoms with Gasteiger partial charge in [-0.05, 0) is 179 Å². The number of Topliss-reactive ketones (excluding diaryl/α,β-unsaturated/α-hetero) is 1. The van der Waals surface area contributed by atoms with Crippen LogP contribution in [0.1, 0.15) is 157 Å². The topological polar surface area (TPSA) is 455 Å². The second kappa shape index (κ2) is 54.9. The number of hydrogen-bond acceptors (Lipinski definition) is 22. The van der Waals surface area contributed by atoms with Gasteiger partial charge >= 0.3 is 26.6 Å². The largest absolute Gasteiger partial charge is 0.507 e. The number of nitrogens with zero attached hydrogens (tertiary/aromatic N) is 4. The lowest BCUT2D eigenvalue weighted by atomic mass is 9.81. The van der Waals surface area contributed by atoms with Crippen LogP contribution in [0.25, 0.3) is 11.4 Å². The molecular formula is C85H78B2Br5Cl8F6N12O19. The molecule has 4 saturated carbocycles. The SMILES string of the molecule is BrB(Br)Br.C.COc1ccc(Oc2c(Cl)cc(-n3nc(C(F)F)c(=O)[nH]c3=O)cc2Cl)cc1C(=O)NC1CCC1.COc1ccc(Oc2c(Cl)cc(Br)cc2Cl)cc1C(=O)CC1CCC1.COc1ccc(Oc2c(Cl)cc(Br)cc2Cl)cc1C(=O)O.N=C(C(=O)NC(N)=O)C(F)F.NC1CCC1.O=C(NC1CCC1)c1cc(Oc2c(Cl)cc(-n3nc(C(F)F)c(=O)[nH]c3=O)cc2Cl)ccc1O.[B]. The van der Waals surface area contributed by atoms with E-state index in [1.807, 2.05) is 0 Å². The average molecular weight is 2390 g/mol. The fraction of sp³-hybridized carbons (Fsp3) is 0.282. The lowest BCUT2D eigenvalue weighted by Gasteiger charge is -2.26. The number of alkyl halides is 6. The fourth-order valence-electron chi connectivity index (χ4n) is 11.7. The van der Waals surface area contributed by atoms with Crippen LogP contribution in [0.5, 0.6) is 69.0 Å². The number of aromatic carboxylic acids is 1. The Labute approximate surface area is 859 Å². The van der Waals surface area contributed by atoms with Gasteiger partial charge in [0, 0.05) is 41.9 Å². The number of nitrogens with one attached hydrogen (secondary N) is 6. The number of H-pyrrole nitrogens is 2. The number of carbonyl (C=O) groups is 6. The molecule has 12 N–H and O–H groups in total. The molecule has 2 heterocycles. The summed E-state index contributed by atoms with van der Waals surface area (Å²) in [7, 11) is 4.39. The van der Waals surface area contributed by atoms with E-state index in [4.69, 9.17) is 142 Å². The van der Waals surface area contributed by atoms with Gasteiger partial charge in [0.2, 0.25) is 0 Å². The molecule has 0 aliphatic heterocycles. The number of ketones is 1. The van der Waals surface area contributed by atoms with Crippen molar-refractivity contribution >= 4 is 225 Å². The number of aromatic amines is 2. The van der Waals surface area contributed by atoms with Crippen molar-refractivity contribution in [1.82, 2.24) is 45.5 Å². The molecule has 0 unspecified atom stereocenters. The fourth-order valence-corrected chi connectivity index (χ4v) is 15.4. The van der Waals surface area contributed by atoms with Crippen molar-refractivity contribution in [3.05, 3.63) is 246 Å². The Hall–Kier alpha value is -9.54. The van der Waals surface area contributed by atoms with Gasteiger partial charge in [-0.15, -0.1) is 47.3 Å². The number of carboxylic acid groups (broad SMARTS) is 1. The minimum atomic E-state index is -3.21. The van der Waals surface area contributed by atoms with Crippen LogP contribution in [0.4, 0.5) is 31.1 Å². The number of benzene rings is 8. The predicted octanol–water partition coefficient (Wildman–Crippen LogP) is 22.8. The summed E-state index contributed by atoms with van der Waals surface area (Å²) >= 11 is 65.6. The van der Waals surface area contributed by atoms with Crippen molar-refractivity contribution in [3.8, 4) is 80.4 Å². The van der Waals surface area contributed by atoms with E-state index < -0.39 is 82.7 Å². The van der Waals surface area contributed by atoms with E-state index in [-0.39, 0.29) is 131 Å². The smallest absolute Gasteiger partial charge is 0.369 e. The van der Waals surface area contributed by atoms with Gasteiger partial charge in [-0.2, -0.15) is 19.6 Å². The van der Waals surface area contributed by atoms with Crippen molar-refractivity contribution in [2.75, 3.05) is 21.3 Å². The van der Waals surface area contributed by atoms with Crippen molar-refractivity contribution < 1.29 is 98.5 Å². The number of urea groups is 1. The first-order valence-corrected chi connectivity index (χ1v) is 46.6. The van der Waals surface area contributed by atoms with E-state index in [0.717, 1.165) is 55.8 Å². The zero-order valence-electron chi connectivity index (χ0n) is 70.4. The Morgan fingerprint density at radius 2 is 0.818 bits per heavy atom. The number of aromatic nitrogens is 6. The average Bonchev–Trinajstić information content (AvgIpc) is 0.788. The van der Waals surface area contributed by atoms with Crippen LogP contribution in [0.15, 0.2) is 149 Å². The number of carbonyl (C=O) groups excluding carboxylic acids is 5. The first kappa shape index (κ1) is 116. The number of amides is 5. The number of primary amides is 1. The van der Waals surface area contributed by atoms with Crippen LogP contribution in [-0.2, 0) is 4.79 Å². The molecule has 4 aliphatic carbocycles. The maximum absolute atomic E-state index is 13.0. The summed E-state index contributed by atoms with van der Waals surface area (Å²) in [5, 5.41) is 40.4. The first-order valence-electron chi connectivity index (χ1n) is 39.2. The molecule has 0 atom stereocenters. The van der Waals surface area contributed by atoms with Gasteiger partial charge < -0.3 is 65.5 Å². The van der Waals surface area contributed by atoms with Gasteiger partial charge in [-0.3, -0.25) is 49.5 Å². The zero-order valence-corrected chi connectivity index (χ0v) is 84.4. The molecule has 14 rings (SSSR count). The molecule has 3 radical (unpaired) electrons.